The first-order chi connectivity index (χ1) is 5.86. The van der Waals surface area contributed by atoms with E-state index in [1.165, 1.54) is 14.7 Å². The van der Waals surface area contributed by atoms with Crippen LogP contribution in [0.15, 0.2) is 41.1 Å². The highest BCUT2D eigenvalue weighted by Crippen LogP contribution is 2.23. The van der Waals surface area contributed by atoms with Gasteiger partial charge >= 0.3 is 0 Å². The van der Waals surface area contributed by atoms with E-state index in [0.29, 0.717) is 0 Å². The van der Waals surface area contributed by atoms with Gasteiger partial charge in [0, 0.05) is 3.57 Å². The van der Waals surface area contributed by atoms with Crippen molar-refractivity contribution in [3.8, 4) is 11.1 Å². The summed E-state index contributed by atoms with van der Waals surface area (Å²) in [4.78, 5) is 0. The van der Waals surface area contributed by atoms with Gasteiger partial charge in [-0.15, -0.1) is 0 Å². The standard InChI is InChI=1S/C10H7IS/c11-10-3-1-2-8(6-10)9-4-5-12-7-9/h1-7H. The lowest BCUT2D eigenvalue weighted by molar-refractivity contribution is 1.63. The van der Waals surface area contributed by atoms with E-state index >= 15 is 0 Å². The Morgan fingerprint density at radius 2 is 2.00 bits per heavy atom. The molecule has 1 aromatic carbocycles. The molecule has 0 saturated heterocycles. The molecule has 0 N–H and O–H groups in total. The predicted octanol–water partition coefficient (Wildman–Crippen LogP) is 4.02. The van der Waals surface area contributed by atoms with Crippen LogP contribution in [0, 0.1) is 3.57 Å². The fourth-order valence-corrected chi connectivity index (χ4v) is 2.30. The summed E-state index contributed by atoms with van der Waals surface area (Å²) in [6, 6.07) is 10.7. The molecule has 0 aliphatic heterocycles. The van der Waals surface area contributed by atoms with E-state index in [9.17, 15) is 0 Å². The molecule has 2 rings (SSSR count). The maximum absolute atomic E-state index is 2.33. The summed E-state index contributed by atoms with van der Waals surface area (Å²) in [6.45, 7) is 0. The minimum Gasteiger partial charge on any atom is -0.152 e. The fourth-order valence-electron chi connectivity index (χ4n) is 1.10. The zero-order chi connectivity index (χ0) is 8.39. The van der Waals surface area contributed by atoms with Crippen LogP contribution in [0.25, 0.3) is 11.1 Å². The highest BCUT2D eigenvalue weighted by molar-refractivity contribution is 14.1. The molecule has 0 atom stereocenters. The van der Waals surface area contributed by atoms with Crippen LogP contribution in [0.4, 0.5) is 0 Å². The van der Waals surface area contributed by atoms with Crippen LogP contribution < -0.4 is 0 Å². The normalized spacial score (nSPS) is 10.1. The van der Waals surface area contributed by atoms with Crippen molar-refractivity contribution in [1.82, 2.24) is 0 Å². The van der Waals surface area contributed by atoms with E-state index in [-0.39, 0.29) is 0 Å². The molecule has 0 unspecified atom stereocenters. The monoisotopic (exact) mass is 286 g/mol. The van der Waals surface area contributed by atoms with Gasteiger partial charge in [0.15, 0.2) is 0 Å². The average molecular weight is 286 g/mol. The van der Waals surface area contributed by atoms with Gasteiger partial charge in [-0.05, 0) is 62.7 Å². The Balaban J connectivity index is 2.48. The van der Waals surface area contributed by atoms with Crippen molar-refractivity contribution in [2.75, 3.05) is 0 Å². The molecule has 1 heterocycles. The van der Waals surface area contributed by atoms with E-state index in [2.05, 4.69) is 63.7 Å². The number of hydrogen-bond donors (Lipinski definition) is 0. The maximum Gasteiger partial charge on any atom is 0.0136 e. The first kappa shape index (κ1) is 8.26. The zero-order valence-electron chi connectivity index (χ0n) is 6.33. The summed E-state index contributed by atoms with van der Waals surface area (Å²) >= 11 is 4.07. The van der Waals surface area contributed by atoms with Gasteiger partial charge in [0.05, 0.1) is 0 Å². The number of hydrogen-bond acceptors (Lipinski definition) is 1. The van der Waals surface area contributed by atoms with Crippen molar-refractivity contribution >= 4 is 33.9 Å². The Labute approximate surface area is 89.4 Å². The average Bonchev–Trinajstić information content (AvgIpc) is 2.56. The number of halogens is 1. The third kappa shape index (κ3) is 1.69. The quantitative estimate of drug-likeness (QED) is 0.695. The van der Waals surface area contributed by atoms with Crippen molar-refractivity contribution in [2.24, 2.45) is 0 Å². The Morgan fingerprint density at radius 1 is 1.08 bits per heavy atom. The van der Waals surface area contributed by atoms with Gasteiger partial charge < -0.3 is 0 Å². The molecule has 0 bridgehead atoms. The summed E-state index contributed by atoms with van der Waals surface area (Å²) in [7, 11) is 0. The second-order valence-electron chi connectivity index (χ2n) is 2.52. The lowest BCUT2D eigenvalue weighted by Crippen LogP contribution is -1.74. The summed E-state index contributed by atoms with van der Waals surface area (Å²) in [5, 5.41) is 4.28. The molecule has 0 fully saturated rings. The van der Waals surface area contributed by atoms with E-state index in [1.54, 1.807) is 11.3 Å². The molecule has 0 amide bonds. The molecular weight excluding hydrogens is 279 g/mol. The van der Waals surface area contributed by atoms with Crippen molar-refractivity contribution in [1.29, 1.82) is 0 Å². The second kappa shape index (κ2) is 3.58. The van der Waals surface area contributed by atoms with Crippen molar-refractivity contribution in [2.45, 2.75) is 0 Å². The van der Waals surface area contributed by atoms with Crippen LogP contribution in [-0.4, -0.2) is 0 Å². The van der Waals surface area contributed by atoms with Crippen LogP contribution in [0.3, 0.4) is 0 Å². The molecule has 1 aromatic heterocycles. The molecule has 0 aliphatic rings. The van der Waals surface area contributed by atoms with Gasteiger partial charge in [-0.25, -0.2) is 0 Å². The Hall–Kier alpha value is -0.350. The number of rotatable bonds is 1. The second-order valence-corrected chi connectivity index (χ2v) is 4.55. The zero-order valence-corrected chi connectivity index (χ0v) is 9.30. The molecule has 2 heteroatoms. The predicted molar refractivity (Wildman–Crippen MR) is 62.5 cm³/mol. The van der Waals surface area contributed by atoms with E-state index < -0.39 is 0 Å². The van der Waals surface area contributed by atoms with E-state index in [1.807, 2.05) is 0 Å². The smallest absolute Gasteiger partial charge is 0.0136 e. The molecule has 12 heavy (non-hydrogen) atoms. The van der Waals surface area contributed by atoms with Crippen LogP contribution in [0.5, 0.6) is 0 Å². The first-order valence-electron chi connectivity index (χ1n) is 3.64. The molecule has 60 valence electrons. The van der Waals surface area contributed by atoms with Crippen LogP contribution in [-0.2, 0) is 0 Å². The van der Waals surface area contributed by atoms with Crippen LogP contribution in [0.1, 0.15) is 0 Å². The van der Waals surface area contributed by atoms with Gasteiger partial charge in [0.1, 0.15) is 0 Å². The molecule has 0 saturated carbocycles. The van der Waals surface area contributed by atoms with Gasteiger partial charge in [-0.3, -0.25) is 0 Å². The molecule has 0 nitrogen and oxygen atoms in total. The largest absolute Gasteiger partial charge is 0.152 e. The number of benzene rings is 1. The van der Waals surface area contributed by atoms with E-state index in [4.69, 9.17) is 0 Å². The van der Waals surface area contributed by atoms with Gasteiger partial charge in [-0.1, -0.05) is 12.1 Å². The Kier molecular flexibility index (Phi) is 2.46. The summed E-state index contributed by atoms with van der Waals surface area (Å²) in [5.41, 5.74) is 2.63. The SMILES string of the molecule is Ic1cccc(-c2ccsc2)c1. The lowest BCUT2D eigenvalue weighted by Gasteiger charge is -1.96. The molecular formula is C10H7IS. The fraction of sp³-hybridized carbons (Fsp3) is 0. The van der Waals surface area contributed by atoms with Crippen LogP contribution >= 0.6 is 33.9 Å². The molecule has 0 spiro atoms. The third-order valence-electron chi connectivity index (χ3n) is 1.68. The Bertz CT molecular complexity index is 365. The first-order valence-corrected chi connectivity index (χ1v) is 5.66. The molecule has 0 aliphatic carbocycles. The highest BCUT2D eigenvalue weighted by atomic mass is 127. The van der Waals surface area contributed by atoms with Gasteiger partial charge in [-0.2, -0.15) is 11.3 Å². The third-order valence-corrected chi connectivity index (χ3v) is 3.03. The van der Waals surface area contributed by atoms with Gasteiger partial charge in [0.2, 0.25) is 0 Å². The summed E-state index contributed by atoms with van der Waals surface area (Å²) < 4.78 is 1.29. The minimum atomic E-state index is 1.29. The van der Waals surface area contributed by atoms with Crippen molar-refractivity contribution in [3.63, 3.8) is 0 Å². The van der Waals surface area contributed by atoms with Crippen molar-refractivity contribution < 1.29 is 0 Å². The Morgan fingerprint density at radius 3 is 2.67 bits per heavy atom. The van der Waals surface area contributed by atoms with Crippen LogP contribution in [0.2, 0.25) is 0 Å². The topological polar surface area (TPSA) is 0 Å². The lowest BCUT2D eigenvalue weighted by atomic mass is 10.1. The summed E-state index contributed by atoms with van der Waals surface area (Å²) in [6.07, 6.45) is 0. The number of thiophene rings is 1. The van der Waals surface area contributed by atoms with E-state index in [0.717, 1.165) is 0 Å². The summed E-state index contributed by atoms with van der Waals surface area (Å²) in [5.74, 6) is 0. The minimum absolute atomic E-state index is 1.29. The molecule has 2 aromatic rings. The highest BCUT2D eigenvalue weighted by Gasteiger charge is 1.96. The van der Waals surface area contributed by atoms with Crippen molar-refractivity contribution in [3.05, 3.63) is 44.7 Å². The van der Waals surface area contributed by atoms with Gasteiger partial charge in [0.25, 0.3) is 0 Å². The maximum atomic E-state index is 2.33. The molecule has 0 radical (unpaired) electrons.